The molecule has 0 radical (unpaired) electrons. The van der Waals surface area contributed by atoms with Gasteiger partial charge in [-0.15, -0.1) is 0 Å². The van der Waals surface area contributed by atoms with Gasteiger partial charge in [-0.25, -0.2) is 0 Å². The zero-order valence-electron chi connectivity index (χ0n) is 18.2. The first-order chi connectivity index (χ1) is 15.3. The van der Waals surface area contributed by atoms with E-state index < -0.39 is 0 Å². The average Bonchev–Trinajstić information content (AvgIpc) is 2.82. The predicted octanol–water partition coefficient (Wildman–Crippen LogP) is 4.82. The molecule has 1 aliphatic rings. The molecule has 4 rings (SSSR count). The lowest BCUT2D eigenvalue weighted by atomic mass is 9.96. The van der Waals surface area contributed by atoms with E-state index in [4.69, 9.17) is 5.73 Å². The monoisotopic (exact) mass is 411 g/mol. The topological polar surface area (TPSA) is 32.5 Å². The SMILES string of the molecule is NC(CC=Cc1ccccc1)CN1CCN(C(c2ccccc2)c2ccccc2)CC1. The highest BCUT2D eigenvalue weighted by Gasteiger charge is 2.26. The van der Waals surface area contributed by atoms with Crippen molar-refractivity contribution in [2.24, 2.45) is 5.73 Å². The molecule has 0 bridgehead atoms. The summed E-state index contributed by atoms with van der Waals surface area (Å²) in [4.78, 5) is 5.13. The normalized spacial score (nSPS) is 16.7. The molecule has 2 N–H and O–H groups in total. The number of piperazine rings is 1. The third-order valence-electron chi connectivity index (χ3n) is 6.04. The Labute approximate surface area is 186 Å². The average molecular weight is 412 g/mol. The third kappa shape index (κ3) is 6.14. The summed E-state index contributed by atoms with van der Waals surface area (Å²) in [6.45, 7) is 5.19. The van der Waals surface area contributed by atoms with Crippen LogP contribution in [0.3, 0.4) is 0 Å². The Kier molecular flexibility index (Phi) is 7.67. The van der Waals surface area contributed by atoms with E-state index in [9.17, 15) is 0 Å². The lowest BCUT2D eigenvalue weighted by Crippen LogP contribution is -2.50. The first kappa shape index (κ1) is 21.5. The van der Waals surface area contributed by atoms with Gasteiger partial charge in [0.05, 0.1) is 6.04 Å². The fourth-order valence-corrected chi connectivity index (χ4v) is 4.44. The summed E-state index contributed by atoms with van der Waals surface area (Å²) in [5.74, 6) is 0. The lowest BCUT2D eigenvalue weighted by Gasteiger charge is -2.40. The smallest absolute Gasteiger partial charge is 0.0602 e. The highest BCUT2D eigenvalue weighted by atomic mass is 15.3. The quantitative estimate of drug-likeness (QED) is 0.577. The van der Waals surface area contributed by atoms with Crippen LogP contribution in [0.25, 0.3) is 6.08 Å². The van der Waals surface area contributed by atoms with Gasteiger partial charge >= 0.3 is 0 Å². The summed E-state index contributed by atoms with van der Waals surface area (Å²) >= 11 is 0. The zero-order valence-corrected chi connectivity index (χ0v) is 18.2. The minimum atomic E-state index is 0.172. The van der Waals surface area contributed by atoms with Crippen LogP contribution < -0.4 is 5.73 Å². The lowest BCUT2D eigenvalue weighted by molar-refractivity contribution is 0.105. The fraction of sp³-hybridized carbons (Fsp3) is 0.286. The standard InChI is InChI=1S/C28H33N3/c29-27(18-10-13-24-11-4-1-5-12-24)23-30-19-21-31(22-20-30)28(25-14-6-2-7-15-25)26-16-8-3-9-17-26/h1-17,27-28H,18-23,29H2. The van der Waals surface area contributed by atoms with Crippen LogP contribution >= 0.6 is 0 Å². The zero-order chi connectivity index (χ0) is 21.3. The molecule has 3 aromatic rings. The molecule has 0 spiro atoms. The predicted molar refractivity (Wildman–Crippen MR) is 131 cm³/mol. The highest BCUT2D eigenvalue weighted by molar-refractivity contribution is 5.48. The van der Waals surface area contributed by atoms with Crippen LogP contribution in [-0.2, 0) is 0 Å². The fourth-order valence-electron chi connectivity index (χ4n) is 4.44. The maximum atomic E-state index is 6.44. The summed E-state index contributed by atoms with van der Waals surface area (Å²) in [7, 11) is 0. The molecular formula is C28H33N3. The number of nitrogens with two attached hydrogens (primary N) is 1. The second-order valence-corrected chi connectivity index (χ2v) is 8.37. The van der Waals surface area contributed by atoms with Crippen LogP contribution in [-0.4, -0.2) is 48.6 Å². The molecule has 0 aromatic heterocycles. The molecule has 0 amide bonds. The van der Waals surface area contributed by atoms with Crippen LogP contribution in [0.1, 0.15) is 29.2 Å². The van der Waals surface area contributed by atoms with Crippen molar-refractivity contribution >= 4 is 6.08 Å². The molecule has 0 saturated carbocycles. The summed E-state index contributed by atoms with van der Waals surface area (Å²) < 4.78 is 0. The van der Waals surface area contributed by atoms with Crippen molar-refractivity contribution in [3.63, 3.8) is 0 Å². The van der Waals surface area contributed by atoms with E-state index in [0.717, 1.165) is 39.1 Å². The minimum absolute atomic E-state index is 0.172. The summed E-state index contributed by atoms with van der Waals surface area (Å²) in [5, 5.41) is 0. The molecule has 0 aliphatic carbocycles. The molecule has 1 saturated heterocycles. The third-order valence-corrected chi connectivity index (χ3v) is 6.04. The molecular weight excluding hydrogens is 378 g/mol. The van der Waals surface area contributed by atoms with Gasteiger partial charge in [-0.2, -0.15) is 0 Å². The number of hydrogen-bond acceptors (Lipinski definition) is 3. The Bertz CT molecular complexity index is 877. The van der Waals surface area contributed by atoms with Crippen LogP contribution in [0.4, 0.5) is 0 Å². The summed E-state index contributed by atoms with van der Waals surface area (Å²) in [6.07, 6.45) is 5.28. The Balaban J connectivity index is 1.32. The van der Waals surface area contributed by atoms with E-state index in [1.54, 1.807) is 0 Å². The second-order valence-electron chi connectivity index (χ2n) is 8.37. The second kappa shape index (κ2) is 11.1. The molecule has 1 atom stereocenters. The van der Waals surface area contributed by atoms with Crippen molar-refractivity contribution in [2.75, 3.05) is 32.7 Å². The molecule has 3 nitrogen and oxygen atoms in total. The Morgan fingerprint density at radius 3 is 1.77 bits per heavy atom. The highest BCUT2D eigenvalue weighted by Crippen LogP contribution is 2.29. The van der Waals surface area contributed by atoms with E-state index in [-0.39, 0.29) is 6.04 Å². The van der Waals surface area contributed by atoms with Gasteiger partial charge < -0.3 is 5.73 Å². The van der Waals surface area contributed by atoms with Crippen molar-refractivity contribution in [3.05, 3.63) is 114 Å². The van der Waals surface area contributed by atoms with E-state index in [1.807, 2.05) is 6.07 Å². The van der Waals surface area contributed by atoms with Gasteiger partial charge in [0.15, 0.2) is 0 Å². The van der Waals surface area contributed by atoms with Crippen molar-refractivity contribution in [3.8, 4) is 0 Å². The van der Waals surface area contributed by atoms with Crippen molar-refractivity contribution in [1.82, 2.24) is 9.80 Å². The molecule has 3 heteroatoms. The van der Waals surface area contributed by atoms with Crippen LogP contribution in [0.15, 0.2) is 97.1 Å². The van der Waals surface area contributed by atoms with Crippen LogP contribution in [0.5, 0.6) is 0 Å². The van der Waals surface area contributed by atoms with Gasteiger partial charge in [0.2, 0.25) is 0 Å². The first-order valence-electron chi connectivity index (χ1n) is 11.3. The van der Waals surface area contributed by atoms with E-state index >= 15 is 0 Å². The number of hydrogen-bond donors (Lipinski definition) is 1. The summed E-state index contributed by atoms with van der Waals surface area (Å²) in [6, 6.07) is 32.7. The van der Waals surface area contributed by atoms with Crippen molar-refractivity contribution < 1.29 is 0 Å². The van der Waals surface area contributed by atoms with E-state index in [1.165, 1.54) is 16.7 Å². The molecule has 1 heterocycles. The largest absolute Gasteiger partial charge is 0.326 e. The Morgan fingerprint density at radius 2 is 1.23 bits per heavy atom. The molecule has 160 valence electrons. The van der Waals surface area contributed by atoms with Gasteiger partial charge in [-0.05, 0) is 23.1 Å². The molecule has 31 heavy (non-hydrogen) atoms. The first-order valence-corrected chi connectivity index (χ1v) is 11.3. The van der Waals surface area contributed by atoms with E-state index in [2.05, 4.69) is 107 Å². The minimum Gasteiger partial charge on any atom is -0.326 e. The van der Waals surface area contributed by atoms with Gasteiger partial charge in [-0.3, -0.25) is 9.80 Å². The van der Waals surface area contributed by atoms with E-state index in [0.29, 0.717) is 6.04 Å². The Hall–Kier alpha value is -2.72. The van der Waals surface area contributed by atoms with Gasteiger partial charge in [0.1, 0.15) is 0 Å². The summed E-state index contributed by atoms with van der Waals surface area (Å²) in [5.41, 5.74) is 10.4. The molecule has 1 aliphatic heterocycles. The molecule has 1 fully saturated rings. The van der Waals surface area contributed by atoms with Gasteiger partial charge in [0.25, 0.3) is 0 Å². The number of rotatable bonds is 8. The molecule has 3 aromatic carbocycles. The van der Waals surface area contributed by atoms with Gasteiger partial charge in [-0.1, -0.05) is 103 Å². The van der Waals surface area contributed by atoms with Crippen molar-refractivity contribution in [1.29, 1.82) is 0 Å². The maximum absolute atomic E-state index is 6.44. The maximum Gasteiger partial charge on any atom is 0.0602 e. The van der Waals surface area contributed by atoms with Crippen LogP contribution in [0, 0.1) is 0 Å². The number of nitrogens with zero attached hydrogens (tertiary/aromatic N) is 2. The van der Waals surface area contributed by atoms with Gasteiger partial charge in [0, 0.05) is 38.8 Å². The van der Waals surface area contributed by atoms with Crippen molar-refractivity contribution in [2.45, 2.75) is 18.5 Å². The van der Waals surface area contributed by atoms with Crippen LogP contribution in [0.2, 0.25) is 0 Å². The Morgan fingerprint density at radius 1 is 0.710 bits per heavy atom. The molecule has 1 unspecified atom stereocenters. The number of benzene rings is 3.